The van der Waals surface area contributed by atoms with Crippen molar-refractivity contribution in [3.63, 3.8) is 0 Å². The van der Waals surface area contributed by atoms with Crippen LogP contribution in [0.25, 0.3) is 11.0 Å². The lowest BCUT2D eigenvalue weighted by molar-refractivity contribution is 0.0533. The summed E-state index contributed by atoms with van der Waals surface area (Å²) in [6, 6.07) is 17.2. The van der Waals surface area contributed by atoms with Gasteiger partial charge < -0.3 is 19.2 Å². The fraction of sp³-hybridized carbons (Fsp3) is 0.318. The molecule has 2 aromatic carbocycles. The van der Waals surface area contributed by atoms with Crippen molar-refractivity contribution in [3.05, 3.63) is 65.9 Å². The van der Waals surface area contributed by atoms with Crippen molar-refractivity contribution < 1.29 is 18.7 Å². The third kappa shape index (κ3) is 4.14. The van der Waals surface area contributed by atoms with E-state index in [1.54, 1.807) is 0 Å². The normalized spacial score (nSPS) is 17.0. The van der Waals surface area contributed by atoms with Crippen LogP contribution in [0.5, 0.6) is 5.75 Å². The van der Waals surface area contributed by atoms with E-state index in [1.165, 1.54) is 0 Å². The molecule has 1 atom stereocenters. The Labute approximate surface area is 158 Å². The van der Waals surface area contributed by atoms with E-state index in [4.69, 9.17) is 13.9 Å². The highest BCUT2D eigenvalue weighted by Gasteiger charge is 2.22. The van der Waals surface area contributed by atoms with E-state index in [0.717, 1.165) is 36.1 Å². The van der Waals surface area contributed by atoms with Gasteiger partial charge in [-0.05, 0) is 37.0 Å². The summed E-state index contributed by atoms with van der Waals surface area (Å²) >= 11 is 0. The fourth-order valence-electron chi connectivity index (χ4n) is 3.38. The topological polar surface area (TPSA) is 60.7 Å². The van der Waals surface area contributed by atoms with Crippen LogP contribution in [-0.2, 0) is 11.3 Å². The van der Waals surface area contributed by atoms with Gasteiger partial charge >= 0.3 is 0 Å². The minimum Gasteiger partial charge on any atom is -0.489 e. The Hall–Kier alpha value is -2.79. The Morgan fingerprint density at radius 3 is 2.74 bits per heavy atom. The van der Waals surface area contributed by atoms with Crippen molar-refractivity contribution in [2.45, 2.75) is 19.4 Å². The summed E-state index contributed by atoms with van der Waals surface area (Å²) in [6.07, 6.45) is 2.12. The molecule has 0 bridgehead atoms. The molecule has 2 heterocycles. The molecule has 27 heavy (non-hydrogen) atoms. The van der Waals surface area contributed by atoms with Crippen LogP contribution in [0.15, 0.2) is 59.0 Å². The second-order valence-electron chi connectivity index (χ2n) is 6.80. The van der Waals surface area contributed by atoms with Gasteiger partial charge in [-0.2, -0.15) is 0 Å². The number of hydrogen-bond acceptors (Lipinski definition) is 4. The van der Waals surface area contributed by atoms with Gasteiger partial charge in [0.1, 0.15) is 17.9 Å². The van der Waals surface area contributed by atoms with Gasteiger partial charge in [0.25, 0.3) is 5.91 Å². The quantitative estimate of drug-likeness (QED) is 0.712. The van der Waals surface area contributed by atoms with Crippen molar-refractivity contribution in [2.75, 3.05) is 19.8 Å². The van der Waals surface area contributed by atoms with Gasteiger partial charge in [0.05, 0.1) is 6.61 Å². The first-order valence-corrected chi connectivity index (χ1v) is 9.35. The highest BCUT2D eigenvalue weighted by molar-refractivity contribution is 5.99. The molecule has 1 saturated heterocycles. The van der Waals surface area contributed by atoms with Crippen molar-refractivity contribution in [3.8, 4) is 5.75 Å². The van der Waals surface area contributed by atoms with Gasteiger partial charge in [-0.15, -0.1) is 0 Å². The van der Waals surface area contributed by atoms with Crippen molar-refractivity contribution in [1.82, 2.24) is 5.32 Å². The number of ether oxygens (including phenoxy) is 2. The molecule has 1 amide bonds. The summed E-state index contributed by atoms with van der Waals surface area (Å²) in [6.45, 7) is 2.38. The van der Waals surface area contributed by atoms with Gasteiger partial charge in [0.2, 0.25) is 0 Å². The van der Waals surface area contributed by atoms with Crippen LogP contribution in [0.3, 0.4) is 0 Å². The monoisotopic (exact) mass is 365 g/mol. The number of carbonyl (C=O) groups is 1. The minimum absolute atomic E-state index is 0.205. The van der Waals surface area contributed by atoms with E-state index in [2.05, 4.69) is 5.32 Å². The predicted molar refractivity (Wildman–Crippen MR) is 103 cm³/mol. The minimum atomic E-state index is -0.205. The molecule has 0 spiro atoms. The van der Waals surface area contributed by atoms with E-state index in [9.17, 15) is 4.79 Å². The van der Waals surface area contributed by atoms with Crippen molar-refractivity contribution >= 4 is 16.9 Å². The van der Waals surface area contributed by atoms with Gasteiger partial charge in [0.15, 0.2) is 5.76 Å². The summed E-state index contributed by atoms with van der Waals surface area (Å²) in [4.78, 5) is 12.8. The highest BCUT2D eigenvalue weighted by atomic mass is 16.5. The highest BCUT2D eigenvalue weighted by Crippen LogP contribution is 2.27. The van der Waals surface area contributed by atoms with Crippen molar-refractivity contribution in [1.29, 1.82) is 0 Å². The third-order valence-electron chi connectivity index (χ3n) is 4.84. The number of amides is 1. The standard InChI is InChI=1S/C22H23NO4/c24-22(23-13-16-7-6-12-25-14-16)21-19(15-26-17-8-2-1-3-9-17)18-10-4-5-11-20(18)27-21/h1-5,8-11,16H,6-7,12-15H2,(H,23,24). The number of benzene rings is 2. The average molecular weight is 365 g/mol. The fourth-order valence-corrected chi connectivity index (χ4v) is 3.38. The molecule has 0 saturated carbocycles. The maximum atomic E-state index is 12.8. The van der Waals surface area contributed by atoms with Gasteiger partial charge in [-0.1, -0.05) is 36.4 Å². The second-order valence-corrected chi connectivity index (χ2v) is 6.80. The summed E-state index contributed by atoms with van der Waals surface area (Å²) in [5.74, 6) is 1.23. The first kappa shape index (κ1) is 17.6. The third-order valence-corrected chi connectivity index (χ3v) is 4.84. The molecule has 1 N–H and O–H groups in total. The molecule has 3 aromatic rings. The van der Waals surface area contributed by atoms with Gasteiger partial charge in [-0.3, -0.25) is 4.79 Å². The lowest BCUT2D eigenvalue weighted by atomic mass is 10.0. The molecule has 1 aliphatic heterocycles. The lowest BCUT2D eigenvalue weighted by Crippen LogP contribution is -2.33. The van der Waals surface area contributed by atoms with Crippen LogP contribution in [0.1, 0.15) is 29.0 Å². The maximum Gasteiger partial charge on any atom is 0.287 e. The van der Waals surface area contributed by atoms with E-state index in [-0.39, 0.29) is 12.5 Å². The zero-order chi connectivity index (χ0) is 18.5. The average Bonchev–Trinajstić information content (AvgIpc) is 3.11. The Balaban J connectivity index is 1.52. The van der Waals surface area contributed by atoms with Crippen LogP contribution in [-0.4, -0.2) is 25.7 Å². The molecule has 1 unspecified atom stereocenters. The zero-order valence-corrected chi connectivity index (χ0v) is 15.1. The van der Waals surface area contributed by atoms with Crippen LogP contribution in [0, 0.1) is 5.92 Å². The number of hydrogen-bond donors (Lipinski definition) is 1. The second kappa shape index (κ2) is 8.27. The van der Waals surface area contributed by atoms with Crippen LogP contribution < -0.4 is 10.1 Å². The Kier molecular flexibility index (Phi) is 5.39. The Morgan fingerprint density at radius 1 is 1.11 bits per heavy atom. The molecule has 1 fully saturated rings. The molecule has 140 valence electrons. The Morgan fingerprint density at radius 2 is 1.93 bits per heavy atom. The van der Waals surface area contributed by atoms with Crippen LogP contribution in [0.2, 0.25) is 0 Å². The molecule has 4 rings (SSSR count). The zero-order valence-electron chi connectivity index (χ0n) is 15.1. The summed E-state index contributed by atoms with van der Waals surface area (Å²) in [7, 11) is 0. The molecule has 1 aromatic heterocycles. The lowest BCUT2D eigenvalue weighted by Gasteiger charge is -2.22. The van der Waals surface area contributed by atoms with E-state index in [1.807, 2.05) is 54.6 Å². The molecule has 0 aliphatic carbocycles. The number of carbonyl (C=O) groups excluding carboxylic acids is 1. The smallest absolute Gasteiger partial charge is 0.287 e. The predicted octanol–water partition coefficient (Wildman–Crippen LogP) is 4.17. The van der Waals surface area contributed by atoms with E-state index in [0.29, 0.717) is 30.4 Å². The number of para-hydroxylation sites is 2. The summed E-state index contributed by atoms with van der Waals surface area (Å²) < 4.78 is 17.2. The summed E-state index contributed by atoms with van der Waals surface area (Å²) in [5.41, 5.74) is 1.46. The molecule has 0 radical (unpaired) electrons. The molecule has 5 heteroatoms. The SMILES string of the molecule is O=C(NCC1CCCOC1)c1oc2ccccc2c1COc1ccccc1. The Bertz CT molecular complexity index is 897. The van der Waals surface area contributed by atoms with Crippen LogP contribution >= 0.6 is 0 Å². The number of fused-ring (bicyclic) bond motifs is 1. The van der Waals surface area contributed by atoms with E-state index < -0.39 is 0 Å². The largest absolute Gasteiger partial charge is 0.489 e. The maximum absolute atomic E-state index is 12.8. The van der Waals surface area contributed by atoms with Crippen molar-refractivity contribution in [2.24, 2.45) is 5.92 Å². The number of furan rings is 1. The molecule has 1 aliphatic rings. The summed E-state index contributed by atoms with van der Waals surface area (Å²) in [5, 5.41) is 3.90. The van der Waals surface area contributed by atoms with Gasteiger partial charge in [0, 0.05) is 24.1 Å². The van der Waals surface area contributed by atoms with Gasteiger partial charge in [-0.25, -0.2) is 0 Å². The van der Waals surface area contributed by atoms with Crippen LogP contribution in [0.4, 0.5) is 0 Å². The molecular weight excluding hydrogens is 342 g/mol. The number of nitrogens with one attached hydrogen (secondary N) is 1. The first-order valence-electron chi connectivity index (χ1n) is 9.35. The van der Waals surface area contributed by atoms with E-state index >= 15 is 0 Å². The number of rotatable bonds is 6. The molecular formula is C22H23NO4. The first-order chi connectivity index (χ1) is 13.3. The molecule has 5 nitrogen and oxygen atoms in total.